The largest absolute Gasteiger partial charge is 0.756 e. The third-order valence-corrected chi connectivity index (χ3v) is 14.0. The molecule has 0 spiro atoms. The first-order valence-electron chi connectivity index (χ1n) is 29.5. The first-order chi connectivity index (χ1) is 33.9. The fourth-order valence-corrected chi connectivity index (χ4v) is 9.11. The van der Waals surface area contributed by atoms with Gasteiger partial charge in [0.1, 0.15) is 19.3 Å². The molecule has 0 aromatic rings. The van der Waals surface area contributed by atoms with Crippen LogP contribution in [0.4, 0.5) is 0 Å². The lowest BCUT2D eigenvalue weighted by Crippen LogP contribution is -2.47. The van der Waals surface area contributed by atoms with Crippen molar-refractivity contribution in [2.24, 2.45) is 0 Å². The lowest BCUT2D eigenvalue weighted by molar-refractivity contribution is -0.870. The van der Waals surface area contributed by atoms with E-state index < -0.39 is 26.6 Å². The van der Waals surface area contributed by atoms with Gasteiger partial charge in [-0.2, -0.15) is 0 Å². The first kappa shape index (κ1) is 68.0. The molecule has 0 saturated heterocycles. The minimum Gasteiger partial charge on any atom is -0.756 e. The lowest BCUT2D eigenvalue weighted by atomic mass is 10.0. The van der Waals surface area contributed by atoms with Crippen LogP contribution in [0.3, 0.4) is 0 Å². The molecule has 0 aliphatic heterocycles. The molecule has 9 nitrogen and oxygen atoms in total. The smallest absolute Gasteiger partial charge is 0.306 e. The topological polar surface area (TPSA) is 114 Å². The van der Waals surface area contributed by atoms with Crippen LogP contribution in [0, 0.1) is 0 Å². The molecule has 0 rings (SSSR count). The number of amides is 1. The van der Waals surface area contributed by atoms with Crippen molar-refractivity contribution in [1.82, 2.24) is 5.32 Å². The van der Waals surface area contributed by atoms with Gasteiger partial charge < -0.3 is 28.5 Å². The molecule has 0 aromatic heterocycles. The Morgan fingerprint density at radius 3 is 1.33 bits per heavy atom. The number of hydrogen-bond donors (Lipinski definition) is 1. The third-order valence-electron chi connectivity index (χ3n) is 13.0. The number of rotatable bonds is 53. The number of likely N-dealkylation sites (N-methyl/N-ethyl adjacent to an activating group) is 1. The van der Waals surface area contributed by atoms with Gasteiger partial charge in [0.25, 0.3) is 7.82 Å². The summed E-state index contributed by atoms with van der Waals surface area (Å²) in [4.78, 5) is 39.9. The molecular weight excluding hydrogens is 892 g/mol. The second kappa shape index (κ2) is 50.5. The molecule has 0 fully saturated rings. The van der Waals surface area contributed by atoms with Crippen LogP contribution in [0.25, 0.3) is 0 Å². The van der Waals surface area contributed by atoms with Gasteiger partial charge in [0, 0.05) is 12.8 Å². The van der Waals surface area contributed by atoms with Crippen molar-refractivity contribution in [3.63, 3.8) is 0 Å². The van der Waals surface area contributed by atoms with Crippen LogP contribution in [0.15, 0.2) is 48.6 Å². The van der Waals surface area contributed by atoms with Gasteiger partial charge in [-0.1, -0.05) is 224 Å². The summed E-state index contributed by atoms with van der Waals surface area (Å²) in [6, 6.07) is -0.896. The van der Waals surface area contributed by atoms with Crippen molar-refractivity contribution in [2.75, 3.05) is 40.9 Å². The Morgan fingerprint density at radius 2 is 0.871 bits per heavy atom. The number of esters is 1. The second-order valence-electron chi connectivity index (χ2n) is 21.2. The van der Waals surface area contributed by atoms with E-state index in [-0.39, 0.29) is 24.9 Å². The van der Waals surface area contributed by atoms with E-state index in [0.29, 0.717) is 17.4 Å². The predicted molar refractivity (Wildman–Crippen MR) is 298 cm³/mol. The molecule has 1 N–H and O–H groups in total. The summed E-state index contributed by atoms with van der Waals surface area (Å²) in [6.07, 6.45) is 60.6. The molecule has 0 aliphatic rings. The molecule has 0 saturated carbocycles. The van der Waals surface area contributed by atoms with Gasteiger partial charge in [0.2, 0.25) is 5.91 Å². The van der Waals surface area contributed by atoms with Gasteiger partial charge in [-0.05, 0) is 83.1 Å². The maximum Gasteiger partial charge on any atom is 0.306 e. The lowest BCUT2D eigenvalue weighted by Gasteiger charge is -2.30. The van der Waals surface area contributed by atoms with Gasteiger partial charge in [0.15, 0.2) is 0 Å². The quantitative estimate of drug-likeness (QED) is 0.0161. The molecule has 0 radical (unpaired) electrons. The standard InChI is InChI=1S/C60H113N2O7P/c1-7-10-13-16-19-22-25-28-30-32-34-37-40-43-46-49-52-59(63)61-57(56-68-70(65,66)67-55-54-62(4,5)6)58(51-48-45-42-39-36-33-27-24-21-18-15-12-9-3)69-60(64)53-50-47-44-41-38-35-31-29-26-23-20-17-14-11-8-2/h20,23,26,29-30,32,48,51,57-58H,7-19,21-22,24-25,27-28,31,33-47,49-50,52-56H2,1-6H3,(H-,61,63,65,66)/b23-20+,29-26+,32-30+,51-48+. The Balaban J connectivity index is 5.38. The SMILES string of the molecule is CCCCC/C=C/C=C/CCCCCCCCC(=O)OC(/C=C/CCCCCCCCCCCCC)C(COP(=O)([O-])OCC[N+](C)(C)C)NC(=O)CCCCCCC/C=C/CCCCCCCCC. The Morgan fingerprint density at radius 1 is 0.500 bits per heavy atom. The molecule has 1 amide bonds. The van der Waals surface area contributed by atoms with Crippen LogP contribution in [0.5, 0.6) is 0 Å². The molecule has 10 heteroatoms. The molecule has 0 bridgehead atoms. The number of phosphoric acid groups is 1. The van der Waals surface area contributed by atoms with Crippen molar-refractivity contribution in [3.8, 4) is 0 Å². The van der Waals surface area contributed by atoms with Crippen LogP contribution in [-0.2, 0) is 27.9 Å². The van der Waals surface area contributed by atoms with Crippen molar-refractivity contribution >= 4 is 19.7 Å². The van der Waals surface area contributed by atoms with Crippen molar-refractivity contribution in [2.45, 2.75) is 283 Å². The van der Waals surface area contributed by atoms with E-state index in [1.165, 1.54) is 141 Å². The summed E-state index contributed by atoms with van der Waals surface area (Å²) in [5.41, 5.74) is 0. The van der Waals surface area contributed by atoms with Gasteiger partial charge in [-0.3, -0.25) is 14.2 Å². The Hall–Kier alpha value is -2.03. The fraction of sp³-hybridized carbons (Fsp3) is 0.833. The maximum atomic E-state index is 13.5. The number of quaternary nitrogens is 1. The number of carbonyl (C=O) groups excluding carboxylic acids is 2. The van der Waals surface area contributed by atoms with Crippen molar-refractivity contribution < 1.29 is 37.3 Å². The zero-order valence-electron chi connectivity index (χ0n) is 46.7. The Labute approximate surface area is 433 Å². The van der Waals surface area contributed by atoms with Gasteiger partial charge in [-0.15, -0.1) is 0 Å². The monoisotopic (exact) mass is 1000 g/mol. The second-order valence-corrected chi connectivity index (χ2v) is 22.6. The van der Waals surface area contributed by atoms with Crippen molar-refractivity contribution in [3.05, 3.63) is 48.6 Å². The van der Waals surface area contributed by atoms with E-state index in [9.17, 15) is 19.0 Å². The normalized spacial score (nSPS) is 14.1. The van der Waals surface area contributed by atoms with Crippen molar-refractivity contribution in [1.29, 1.82) is 0 Å². The van der Waals surface area contributed by atoms with E-state index in [2.05, 4.69) is 62.5 Å². The van der Waals surface area contributed by atoms with E-state index in [0.717, 1.165) is 96.3 Å². The highest BCUT2D eigenvalue weighted by Crippen LogP contribution is 2.38. The average Bonchev–Trinajstić information content (AvgIpc) is 3.32. The highest BCUT2D eigenvalue weighted by Gasteiger charge is 2.27. The zero-order chi connectivity index (χ0) is 51.5. The first-order valence-corrected chi connectivity index (χ1v) is 30.9. The number of unbranched alkanes of at least 4 members (excludes halogenated alkanes) is 32. The van der Waals surface area contributed by atoms with E-state index >= 15 is 0 Å². The Kier molecular flexibility index (Phi) is 49.0. The minimum absolute atomic E-state index is 0.0258. The predicted octanol–water partition coefficient (Wildman–Crippen LogP) is 17.1. The molecule has 3 atom stereocenters. The summed E-state index contributed by atoms with van der Waals surface area (Å²) in [7, 11) is 1.17. The van der Waals surface area contributed by atoms with Gasteiger partial charge in [-0.25, -0.2) is 0 Å². The number of allylic oxidation sites excluding steroid dienone is 7. The molecule has 70 heavy (non-hydrogen) atoms. The number of hydrogen-bond acceptors (Lipinski definition) is 7. The number of carbonyl (C=O) groups is 2. The van der Waals surface area contributed by atoms with Gasteiger partial charge in [0.05, 0.1) is 33.8 Å². The number of nitrogens with zero attached hydrogens (tertiary/aromatic N) is 1. The molecule has 0 aromatic carbocycles. The van der Waals surface area contributed by atoms with Crippen LogP contribution in [-0.4, -0.2) is 69.4 Å². The van der Waals surface area contributed by atoms with E-state index in [1.54, 1.807) is 0 Å². The summed E-state index contributed by atoms with van der Waals surface area (Å²) < 4.78 is 30.2. The summed E-state index contributed by atoms with van der Waals surface area (Å²) >= 11 is 0. The number of ether oxygens (including phenoxy) is 1. The van der Waals surface area contributed by atoms with E-state index in [4.69, 9.17) is 13.8 Å². The number of nitrogens with one attached hydrogen (secondary N) is 1. The molecule has 0 heterocycles. The van der Waals surface area contributed by atoms with Crippen LogP contribution in [0.2, 0.25) is 0 Å². The molecular formula is C60H113N2O7P. The average molecular weight is 1010 g/mol. The van der Waals surface area contributed by atoms with Crippen LogP contribution in [0.1, 0.15) is 271 Å². The summed E-state index contributed by atoms with van der Waals surface area (Å²) in [5, 5.41) is 3.02. The van der Waals surface area contributed by atoms with E-state index in [1.807, 2.05) is 33.3 Å². The fourth-order valence-electron chi connectivity index (χ4n) is 8.39. The molecule has 410 valence electrons. The van der Waals surface area contributed by atoms with Gasteiger partial charge >= 0.3 is 5.97 Å². The highest BCUT2D eigenvalue weighted by molar-refractivity contribution is 7.45. The van der Waals surface area contributed by atoms with Crippen LogP contribution >= 0.6 is 7.82 Å². The van der Waals surface area contributed by atoms with Crippen LogP contribution < -0.4 is 10.2 Å². The molecule has 3 unspecified atom stereocenters. The maximum absolute atomic E-state index is 13.5. The highest BCUT2D eigenvalue weighted by atomic mass is 31.2. The summed E-state index contributed by atoms with van der Waals surface area (Å²) in [6.45, 7) is 6.81. The minimum atomic E-state index is -4.70. The third kappa shape index (κ3) is 50.9. The Bertz CT molecular complexity index is 1340. The molecule has 0 aliphatic carbocycles. The zero-order valence-corrected chi connectivity index (χ0v) is 47.6. The number of phosphoric ester groups is 1. The summed E-state index contributed by atoms with van der Waals surface area (Å²) in [5.74, 6) is -0.559.